The minimum absolute atomic E-state index is 0. The lowest BCUT2D eigenvalue weighted by atomic mass is 9.97. The van der Waals surface area contributed by atoms with Gasteiger partial charge in [-0.15, -0.1) is 12.4 Å². The molecule has 3 nitrogen and oxygen atoms in total. The van der Waals surface area contributed by atoms with E-state index in [1.807, 2.05) is 18.3 Å². The molecule has 4 rings (SSSR count). The van der Waals surface area contributed by atoms with Crippen molar-refractivity contribution in [2.45, 2.75) is 13.8 Å². The van der Waals surface area contributed by atoms with Crippen molar-refractivity contribution in [2.75, 3.05) is 7.11 Å². The van der Waals surface area contributed by atoms with Crippen LogP contribution in [0, 0.1) is 13.8 Å². The number of aryl methyl sites for hydroxylation is 2. The average Bonchev–Trinajstić information content (AvgIpc) is 2.90. The van der Waals surface area contributed by atoms with Gasteiger partial charge in [0, 0.05) is 33.7 Å². The maximum atomic E-state index is 5.60. The van der Waals surface area contributed by atoms with Crippen molar-refractivity contribution < 1.29 is 4.74 Å². The Morgan fingerprint density at radius 2 is 1.79 bits per heavy atom. The number of hydrogen-bond donors (Lipinski definition) is 1. The van der Waals surface area contributed by atoms with E-state index >= 15 is 0 Å². The second-order valence-electron chi connectivity index (χ2n) is 5.84. The molecular weight excluding hydrogens is 320 g/mol. The van der Waals surface area contributed by atoms with E-state index < -0.39 is 0 Å². The Kier molecular flexibility index (Phi) is 4.20. The van der Waals surface area contributed by atoms with Gasteiger partial charge in [-0.3, -0.25) is 4.98 Å². The summed E-state index contributed by atoms with van der Waals surface area (Å²) in [5, 5.41) is 2.30. The summed E-state index contributed by atoms with van der Waals surface area (Å²) in [6.07, 6.45) is 1.89. The van der Waals surface area contributed by atoms with E-state index in [0.717, 1.165) is 27.9 Å². The third-order valence-corrected chi connectivity index (χ3v) is 4.44. The first-order chi connectivity index (χ1) is 11.2. The minimum atomic E-state index is 0. The molecule has 2 aromatic heterocycles. The first-order valence-electron chi connectivity index (χ1n) is 7.70. The molecule has 4 aromatic rings. The average molecular weight is 339 g/mol. The van der Waals surface area contributed by atoms with Crippen molar-refractivity contribution in [3.8, 4) is 16.9 Å². The molecule has 0 saturated carbocycles. The van der Waals surface area contributed by atoms with Crippen LogP contribution in [0.2, 0.25) is 0 Å². The lowest BCUT2D eigenvalue weighted by molar-refractivity contribution is 0.420. The number of nitrogens with one attached hydrogen (secondary N) is 1. The number of fused-ring (bicyclic) bond motifs is 2. The van der Waals surface area contributed by atoms with Crippen molar-refractivity contribution in [3.63, 3.8) is 0 Å². The Balaban J connectivity index is 0.00000169. The molecule has 0 spiro atoms. The van der Waals surface area contributed by atoms with Gasteiger partial charge in [0.2, 0.25) is 0 Å². The summed E-state index contributed by atoms with van der Waals surface area (Å²) in [6.45, 7) is 4.21. The maximum absolute atomic E-state index is 5.60. The topological polar surface area (TPSA) is 37.9 Å². The number of benzene rings is 2. The predicted molar refractivity (Wildman–Crippen MR) is 102 cm³/mol. The van der Waals surface area contributed by atoms with E-state index in [-0.39, 0.29) is 12.4 Å². The van der Waals surface area contributed by atoms with Crippen LogP contribution in [-0.4, -0.2) is 17.1 Å². The lowest BCUT2D eigenvalue weighted by Crippen LogP contribution is -1.89. The Morgan fingerprint density at radius 3 is 2.58 bits per heavy atom. The van der Waals surface area contributed by atoms with Crippen LogP contribution in [0.1, 0.15) is 11.3 Å². The Morgan fingerprint density at radius 1 is 1.00 bits per heavy atom. The van der Waals surface area contributed by atoms with E-state index in [2.05, 4.69) is 54.1 Å². The molecule has 2 aromatic carbocycles. The van der Waals surface area contributed by atoms with Gasteiger partial charge in [0.15, 0.2) is 0 Å². The SMILES string of the molecule is COc1cccc2[nH]c(C)c(-c3ccnc4c(C)cccc34)c12.Cl. The summed E-state index contributed by atoms with van der Waals surface area (Å²) in [4.78, 5) is 8.04. The summed E-state index contributed by atoms with van der Waals surface area (Å²) in [6, 6.07) is 14.5. The molecule has 2 heterocycles. The highest BCUT2D eigenvalue weighted by atomic mass is 35.5. The van der Waals surface area contributed by atoms with Gasteiger partial charge in [-0.05, 0) is 43.2 Å². The Bertz CT molecular complexity index is 1040. The van der Waals surface area contributed by atoms with Crippen LogP contribution in [0.5, 0.6) is 5.75 Å². The number of ether oxygens (including phenoxy) is 1. The number of aromatic nitrogens is 2. The molecule has 0 bridgehead atoms. The molecule has 0 aliphatic heterocycles. The van der Waals surface area contributed by atoms with E-state index in [9.17, 15) is 0 Å². The summed E-state index contributed by atoms with van der Waals surface area (Å²) in [5.74, 6) is 0.888. The van der Waals surface area contributed by atoms with Crippen LogP contribution < -0.4 is 4.74 Å². The Labute approximate surface area is 147 Å². The number of methoxy groups -OCH3 is 1. The zero-order valence-corrected chi connectivity index (χ0v) is 14.7. The van der Waals surface area contributed by atoms with Crippen molar-refractivity contribution >= 4 is 34.2 Å². The van der Waals surface area contributed by atoms with E-state index in [4.69, 9.17) is 4.74 Å². The normalized spacial score (nSPS) is 10.8. The second-order valence-corrected chi connectivity index (χ2v) is 5.84. The second kappa shape index (κ2) is 6.17. The van der Waals surface area contributed by atoms with Gasteiger partial charge in [0.25, 0.3) is 0 Å². The summed E-state index contributed by atoms with van der Waals surface area (Å²) < 4.78 is 5.60. The monoisotopic (exact) mass is 338 g/mol. The first kappa shape index (κ1) is 16.3. The van der Waals surface area contributed by atoms with Crippen molar-refractivity contribution in [1.29, 1.82) is 0 Å². The molecule has 0 unspecified atom stereocenters. The highest BCUT2D eigenvalue weighted by Crippen LogP contribution is 2.40. The first-order valence-corrected chi connectivity index (χ1v) is 7.70. The molecule has 0 fully saturated rings. The fraction of sp³-hybridized carbons (Fsp3) is 0.150. The highest BCUT2D eigenvalue weighted by Gasteiger charge is 2.17. The third kappa shape index (κ3) is 2.33. The molecule has 0 aliphatic carbocycles. The van der Waals surface area contributed by atoms with Gasteiger partial charge in [-0.1, -0.05) is 24.3 Å². The fourth-order valence-corrected chi connectivity index (χ4v) is 3.39. The van der Waals surface area contributed by atoms with Crippen molar-refractivity contribution in [2.24, 2.45) is 0 Å². The summed E-state index contributed by atoms with van der Waals surface area (Å²) in [7, 11) is 1.72. The van der Waals surface area contributed by atoms with Gasteiger partial charge in [-0.25, -0.2) is 0 Å². The van der Waals surface area contributed by atoms with Gasteiger partial charge in [0.05, 0.1) is 12.6 Å². The van der Waals surface area contributed by atoms with Crippen molar-refractivity contribution in [1.82, 2.24) is 9.97 Å². The van der Waals surface area contributed by atoms with Crippen LogP contribution in [0.4, 0.5) is 0 Å². The third-order valence-electron chi connectivity index (χ3n) is 4.44. The molecule has 0 saturated heterocycles. The van der Waals surface area contributed by atoms with Gasteiger partial charge in [0.1, 0.15) is 5.75 Å². The summed E-state index contributed by atoms with van der Waals surface area (Å²) >= 11 is 0. The zero-order chi connectivity index (χ0) is 16.0. The summed E-state index contributed by atoms with van der Waals surface area (Å²) in [5.41, 5.74) is 6.85. The number of rotatable bonds is 2. The molecule has 0 aliphatic rings. The van der Waals surface area contributed by atoms with E-state index in [1.54, 1.807) is 7.11 Å². The van der Waals surface area contributed by atoms with Crippen LogP contribution in [0.3, 0.4) is 0 Å². The number of halogens is 1. The number of H-pyrrole nitrogens is 1. The number of aromatic amines is 1. The standard InChI is InChI=1S/C20H18N2O.ClH/c1-12-6-4-7-15-14(10-11-21-20(12)15)18-13(2)22-16-8-5-9-17(23-3)19(16)18;/h4-11,22H,1-3H3;1H. The number of hydrogen-bond acceptors (Lipinski definition) is 2. The largest absolute Gasteiger partial charge is 0.496 e. The van der Waals surface area contributed by atoms with E-state index in [0.29, 0.717) is 0 Å². The molecule has 0 radical (unpaired) electrons. The van der Waals surface area contributed by atoms with Crippen LogP contribution in [0.25, 0.3) is 32.9 Å². The maximum Gasteiger partial charge on any atom is 0.128 e. The highest BCUT2D eigenvalue weighted by molar-refractivity contribution is 6.08. The molecule has 1 N–H and O–H groups in total. The lowest BCUT2D eigenvalue weighted by Gasteiger charge is -2.10. The van der Waals surface area contributed by atoms with Crippen LogP contribution in [-0.2, 0) is 0 Å². The molecule has 122 valence electrons. The van der Waals surface area contributed by atoms with Gasteiger partial charge < -0.3 is 9.72 Å². The van der Waals surface area contributed by atoms with Crippen molar-refractivity contribution in [3.05, 3.63) is 59.9 Å². The zero-order valence-electron chi connectivity index (χ0n) is 13.9. The van der Waals surface area contributed by atoms with Gasteiger partial charge >= 0.3 is 0 Å². The quantitative estimate of drug-likeness (QED) is 0.529. The van der Waals surface area contributed by atoms with Gasteiger partial charge in [-0.2, -0.15) is 0 Å². The minimum Gasteiger partial charge on any atom is -0.496 e. The number of para-hydroxylation sites is 1. The molecule has 24 heavy (non-hydrogen) atoms. The molecule has 0 atom stereocenters. The predicted octanol–water partition coefficient (Wildman–Crippen LogP) is 5.43. The molecule has 0 amide bonds. The van der Waals surface area contributed by atoms with Crippen LogP contribution >= 0.6 is 12.4 Å². The number of pyridine rings is 1. The molecular formula is C20H19ClN2O. The Hall–Kier alpha value is -2.52. The smallest absolute Gasteiger partial charge is 0.128 e. The van der Waals surface area contributed by atoms with Crippen LogP contribution in [0.15, 0.2) is 48.7 Å². The number of nitrogens with zero attached hydrogens (tertiary/aromatic N) is 1. The van der Waals surface area contributed by atoms with E-state index in [1.165, 1.54) is 22.1 Å². The fourth-order valence-electron chi connectivity index (χ4n) is 3.39. The molecule has 4 heteroatoms.